The van der Waals surface area contributed by atoms with Crippen LogP contribution in [0.3, 0.4) is 0 Å². The van der Waals surface area contributed by atoms with Gasteiger partial charge in [-0.2, -0.15) is 8.78 Å². The molecule has 5 nitrogen and oxygen atoms in total. The highest BCUT2D eigenvalue weighted by molar-refractivity contribution is 5.77. The van der Waals surface area contributed by atoms with Crippen molar-refractivity contribution in [1.82, 2.24) is 4.90 Å². The zero-order valence-corrected chi connectivity index (χ0v) is 10.4. The number of likely N-dealkylation sites (N-methyl/N-ethyl adjacent to an activating group) is 1. The van der Waals surface area contributed by atoms with Crippen LogP contribution in [0.25, 0.3) is 0 Å². The van der Waals surface area contributed by atoms with Gasteiger partial charge in [-0.05, 0) is 24.3 Å². The van der Waals surface area contributed by atoms with Crippen molar-refractivity contribution in [2.45, 2.75) is 5.92 Å². The molecule has 0 radical (unpaired) electrons. The van der Waals surface area contributed by atoms with Gasteiger partial charge in [-0.25, -0.2) is 4.79 Å². The zero-order chi connectivity index (χ0) is 14.6. The topological polar surface area (TPSA) is 66.8 Å². The summed E-state index contributed by atoms with van der Waals surface area (Å²) in [5.41, 5.74) is -0.647. The molecule has 1 aromatic rings. The first-order chi connectivity index (χ1) is 8.75. The minimum absolute atomic E-state index is 0.208. The standard InChI is InChI=1S/C12H13F2NO4/c1-15(2)10(16)7-19-9-5-3-8(4-6-9)12(13,14)11(17)18/h3-6H,7H2,1-2H3,(H,17,18). The van der Waals surface area contributed by atoms with E-state index in [-0.39, 0.29) is 18.3 Å². The molecule has 0 unspecified atom stereocenters. The number of rotatable bonds is 5. The second-order valence-corrected chi connectivity index (χ2v) is 3.98. The van der Waals surface area contributed by atoms with Gasteiger partial charge in [-0.15, -0.1) is 0 Å². The molecule has 1 N–H and O–H groups in total. The molecule has 0 aromatic heterocycles. The van der Waals surface area contributed by atoms with Crippen LogP contribution in [0.1, 0.15) is 5.56 Å². The predicted molar refractivity (Wildman–Crippen MR) is 62.2 cm³/mol. The summed E-state index contributed by atoms with van der Waals surface area (Å²) >= 11 is 0. The lowest BCUT2D eigenvalue weighted by molar-refractivity contribution is -0.166. The molecule has 19 heavy (non-hydrogen) atoms. The summed E-state index contributed by atoms with van der Waals surface area (Å²) in [5, 5.41) is 8.37. The maximum Gasteiger partial charge on any atom is 0.379 e. The van der Waals surface area contributed by atoms with Crippen molar-refractivity contribution in [1.29, 1.82) is 0 Å². The summed E-state index contributed by atoms with van der Waals surface area (Å²) in [6, 6.07) is 4.28. The van der Waals surface area contributed by atoms with Gasteiger partial charge in [0.05, 0.1) is 0 Å². The van der Waals surface area contributed by atoms with E-state index in [0.29, 0.717) is 0 Å². The molecule has 0 spiro atoms. The largest absolute Gasteiger partial charge is 0.484 e. The van der Waals surface area contributed by atoms with Crippen LogP contribution in [0, 0.1) is 0 Å². The Morgan fingerprint density at radius 2 is 1.79 bits per heavy atom. The van der Waals surface area contributed by atoms with Crippen molar-refractivity contribution >= 4 is 11.9 Å². The van der Waals surface area contributed by atoms with Gasteiger partial charge in [0.15, 0.2) is 6.61 Å². The fourth-order valence-electron chi connectivity index (χ4n) is 1.16. The number of benzene rings is 1. The number of carbonyl (C=O) groups excluding carboxylic acids is 1. The van der Waals surface area contributed by atoms with Gasteiger partial charge in [0, 0.05) is 19.7 Å². The number of alkyl halides is 2. The number of aliphatic carboxylic acids is 1. The maximum absolute atomic E-state index is 13.1. The maximum atomic E-state index is 13.1. The Hall–Kier alpha value is -2.18. The molecule has 0 saturated carbocycles. The highest BCUT2D eigenvalue weighted by Gasteiger charge is 2.40. The van der Waals surface area contributed by atoms with Crippen molar-refractivity contribution in [3.8, 4) is 5.75 Å². The lowest BCUT2D eigenvalue weighted by Gasteiger charge is -2.13. The Morgan fingerprint density at radius 1 is 1.26 bits per heavy atom. The number of halogens is 2. The Balaban J connectivity index is 2.72. The van der Waals surface area contributed by atoms with E-state index in [0.717, 1.165) is 12.1 Å². The lowest BCUT2D eigenvalue weighted by atomic mass is 10.1. The quantitative estimate of drug-likeness (QED) is 0.879. The molecule has 0 aliphatic heterocycles. The van der Waals surface area contributed by atoms with Crippen molar-refractivity contribution < 1.29 is 28.2 Å². The Morgan fingerprint density at radius 3 is 2.21 bits per heavy atom. The first-order valence-corrected chi connectivity index (χ1v) is 5.30. The number of hydrogen-bond donors (Lipinski definition) is 1. The van der Waals surface area contributed by atoms with Crippen molar-refractivity contribution in [3.05, 3.63) is 29.8 Å². The molecule has 7 heteroatoms. The fourth-order valence-corrected chi connectivity index (χ4v) is 1.16. The van der Waals surface area contributed by atoms with Crippen LogP contribution in [-0.2, 0) is 15.5 Å². The van der Waals surface area contributed by atoms with Gasteiger partial charge >= 0.3 is 11.9 Å². The van der Waals surface area contributed by atoms with Crippen LogP contribution in [0.2, 0.25) is 0 Å². The Bertz CT molecular complexity index is 471. The van der Waals surface area contributed by atoms with Crippen LogP contribution >= 0.6 is 0 Å². The second-order valence-electron chi connectivity index (χ2n) is 3.98. The molecule has 0 atom stereocenters. The first-order valence-electron chi connectivity index (χ1n) is 5.30. The van der Waals surface area contributed by atoms with E-state index in [2.05, 4.69) is 0 Å². The van der Waals surface area contributed by atoms with Crippen LogP contribution < -0.4 is 4.74 Å². The molecule has 104 valence electrons. The number of ether oxygens (including phenoxy) is 1. The molecule has 0 heterocycles. The molecule has 1 amide bonds. The summed E-state index contributed by atoms with van der Waals surface area (Å²) in [6.07, 6.45) is 0. The average molecular weight is 273 g/mol. The van der Waals surface area contributed by atoms with Gasteiger partial charge in [-0.1, -0.05) is 0 Å². The lowest BCUT2D eigenvalue weighted by Crippen LogP contribution is -2.27. The Kier molecular flexibility index (Phi) is 4.42. The van der Waals surface area contributed by atoms with E-state index in [9.17, 15) is 18.4 Å². The number of carboxylic acid groups (broad SMARTS) is 1. The molecular formula is C12H13F2NO4. The molecule has 0 fully saturated rings. The van der Waals surface area contributed by atoms with Gasteiger partial charge < -0.3 is 14.7 Å². The summed E-state index contributed by atoms with van der Waals surface area (Å²) in [4.78, 5) is 22.9. The van der Waals surface area contributed by atoms with Gasteiger partial charge in [-0.3, -0.25) is 4.79 Å². The molecular weight excluding hydrogens is 260 g/mol. The van der Waals surface area contributed by atoms with Crippen LogP contribution in [-0.4, -0.2) is 42.6 Å². The van der Waals surface area contributed by atoms with Gasteiger partial charge in [0.1, 0.15) is 5.75 Å². The van der Waals surface area contributed by atoms with Crippen LogP contribution in [0.4, 0.5) is 8.78 Å². The monoisotopic (exact) mass is 273 g/mol. The van der Waals surface area contributed by atoms with E-state index >= 15 is 0 Å². The van der Waals surface area contributed by atoms with Crippen molar-refractivity contribution in [2.24, 2.45) is 0 Å². The van der Waals surface area contributed by atoms with Crippen molar-refractivity contribution in [3.63, 3.8) is 0 Å². The minimum Gasteiger partial charge on any atom is -0.484 e. The normalized spacial score (nSPS) is 10.9. The smallest absolute Gasteiger partial charge is 0.379 e. The van der Waals surface area contributed by atoms with E-state index in [1.807, 2.05) is 0 Å². The third-order valence-corrected chi connectivity index (χ3v) is 2.35. The number of nitrogens with zero attached hydrogens (tertiary/aromatic N) is 1. The average Bonchev–Trinajstić information content (AvgIpc) is 2.36. The van der Waals surface area contributed by atoms with Gasteiger partial charge in [0.25, 0.3) is 5.91 Å². The van der Waals surface area contributed by atoms with Crippen LogP contribution in [0.5, 0.6) is 5.75 Å². The highest BCUT2D eigenvalue weighted by Crippen LogP contribution is 2.29. The number of hydrogen-bond acceptors (Lipinski definition) is 3. The number of carbonyl (C=O) groups is 2. The van der Waals surface area contributed by atoms with Gasteiger partial charge in [0.2, 0.25) is 0 Å². The van der Waals surface area contributed by atoms with E-state index in [4.69, 9.17) is 9.84 Å². The van der Waals surface area contributed by atoms with E-state index < -0.39 is 17.5 Å². The molecule has 0 bridgehead atoms. The summed E-state index contributed by atoms with van der Waals surface area (Å²) in [5.74, 6) is -6.23. The second kappa shape index (κ2) is 5.64. The SMILES string of the molecule is CN(C)C(=O)COc1ccc(C(F)(F)C(=O)O)cc1. The summed E-state index contributed by atoms with van der Waals surface area (Å²) in [7, 11) is 3.12. The molecule has 1 rings (SSSR count). The van der Waals surface area contributed by atoms with E-state index in [1.165, 1.54) is 17.0 Å². The molecule has 0 saturated heterocycles. The third-order valence-electron chi connectivity index (χ3n) is 2.35. The van der Waals surface area contributed by atoms with E-state index in [1.54, 1.807) is 14.1 Å². The minimum atomic E-state index is -3.95. The summed E-state index contributed by atoms with van der Waals surface area (Å²) in [6.45, 7) is -0.221. The third kappa shape index (κ3) is 3.64. The Labute approximate surface area is 108 Å². The molecule has 0 aliphatic rings. The molecule has 1 aromatic carbocycles. The summed E-state index contributed by atoms with van der Waals surface area (Å²) < 4.78 is 31.3. The highest BCUT2D eigenvalue weighted by atomic mass is 19.3. The fraction of sp³-hybridized carbons (Fsp3) is 0.333. The first kappa shape index (κ1) is 14.9. The van der Waals surface area contributed by atoms with Crippen LogP contribution in [0.15, 0.2) is 24.3 Å². The molecule has 0 aliphatic carbocycles. The zero-order valence-electron chi connectivity index (χ0n) is 10.4. The number of amides is 1. The predicted octanol–water partition coefficient (Wildman–Crippen LogP) is 1.33. The number of carboxylic acids is 1. The van der Waals surface area contributed by atoms with Crippen molar-refractivity contribution in [2.75, 3.05) is 20.7 Å².